The topological polar surface area (TPSA) is 83.3 Å². The van der Waals surface area contributed by atoms with Crippen LogP contribution in [0.1, 0.15) is 19.4 Å². The molecule has 110 valence electrons. The van der Waals surface area contributed by atoms with Crippen LogP contribution in [0.2, 0.25) is 0 Å². The highest BCUT2D eigenvalue weighted by Crippen LogP contribution is 2.37. The van der Waals surface area contributed by atoms with Crippen molar-refractivity contribution in [2.45, 2.75) is 30.2 Å². The van der Waals surface area contributed by atoms with Gasteiger partial charge in [-0.3, -0.25) is 4.79 Å². The number of nitrogens with zero attached hydrogens (tertiary/aromatic N) is 2. The number of hydrogen-bond donors (Lipinski definition) is 2. The molecule has 1 aromatic heterocycles. The first-order valence-electron chi connectivity index (χ1n) is 6.36. The van der Waals surface area contributed by atoms with Crippen molar-refractivity contribution in [3.63, 3.8) is 0 Å². The Labute approximate surface area is 127 Å². The molecule has 1 heterocycles. The molecule has 5 nitrogen and oxygen atoms in total. The second-order valence-electron chi connectivity index (χ2n) is 5.01. The molecule has 0 saturated heterocycles. The van der Waals surface area contributed by atoms with Gasteiger partial charge in [0.25, 0.3) is 0 Å². The first-order valence-corrected chi connectivity index (χ1v) is 7.18. The number of thioether (sulfide) groups is 1. The first-order chi connectivity index (χ1) is 9.94. The van der Waals surface area contributed by atoms with E-state index in [0.29, 0.717) is 5.03 Å². The predicted molar refractivity (Wildman–Crippen MR) is 81.0 cm³/mol. The lowest BCUT2D eigenvalue weighted by atomic mass is 10.1. The third-order valence-electron chi connectivity index (χ3n) is 2.99. The number of benzene rings is 1. The van der Waals surface area contributed by atoms with Crippen molar-refractivity contribution in [3.8, 4) is 11.1 Å². The Hall–Kier alpha value is -1.92. The van der Waals surface area contributed by atoms with Crippen molar-refractivity contribution < 1.29 is 15.0 Å². The third-order valence-corrected chi connectivity index (χ3v) is 4.19. The summed E-state index contributed by atoms with van der Waals surface area (Å²) in [7, 11) is 0. The predicted octanol–water partition coefficient (Wildman–Crippen LogP) is 2.59. The van der Waals surface area contributed by atoms with Gasteiger partial charge in [-0.05, 0) is 25.0 Å². The van der Waals surface area contributed by atoms with Gasteiger partial charge in [-0.1, -0.05) is 36.0 Å². The van der Waals surface area contributed by atoms with Crippen molar-refractivity contribution in [1.82, 2.24) is 9.97 Å². The van der Waals surface area contributed by atoms with Crippen molar-refractivity contribution in [3.05, 3.63) is 42.4 Å². The minimum Gasteiger partial charge on any atom is -0.480 e. The monoisotopic (exact) mass is 304 g/mol. The number of aromatic nitrogens is 2. The van der Waals surface area contributed by atoms with Crippen LogP contribution in [0.25, 0.3) is 11.1 Å². The summed E-state index contributed by atoms with van der Waals surface area (Å²) < 4.78 is -0.978. The van der Waals surface area contributed by atoms with E-state index in [1.54, 1.807) is 20.0 Å². The minimum absolute atomic E-state index is 0.0147. The average molecular weight is 304 g/mol. The maximum Gasteiger partial charge on any atom is 0.319 e. The summed E-state index contributed by atoms with van der Waals surface area (Å²) in [5.74, 6) is -0.896. The lowest BCUT2D eigenvalue weighted by Gasteiger charge is -2.19. The quantitative estimate of drug-likeness (QED) is 0.652. The summed E-state index contributed by atoms with van der Waals surface area (Å²) in [4.78, 5) is 19.5. The van der Waals surface area contributed by atoms with Crippen LogP contribution < -0.4 is 0 Å². The standard InChI is InChI=1S/C15H16N2O3S/c1-15(2,14(19)20)21-13-12(7-16-9-17-13)11-5-3-10(8-18)4-6-11/h3-7,9,18H,8H2,1-2H3,(H,19,20). The number of aliphatic hydroxyl groups is 1. The van der Waals surface area contributed by atoms with Crippen molar-refractivity contribution in [1.29, 1.82) is 0 Å². The van der Waals surface area contributed by atoms with Crippen LogP contribution in [0.15, 0.2) is 41.8 Å². The largest absolute Gasteiger partial charge is 0.480 e. The molecule has 21 heavy (non-hydrogen) atoms. The van der Waals surface area contributed by atoms with Gasteiger partial charge in [0.15, 0.2) is 0 Å². The van der Waals surface area contributed by atoms with Gasteiger partial charge in [0.1, 0.15) is 16.1 Å². The summed E-state index contributed by atoms with van der Waals surface area (Å²) in [6.07, 6.45) is 3.08. The van der Waals surface area contributed by atoms with E-state index < -0.39 is 10.7 Å². The Morgan fingerprint density at radius 3 is 2.52 bits per heavy atom. The van der Waals surface area contributed by atoms with E-state index in [4.69, 9.17) is 5.11 Å². The molecule has 0 aliphatic heterocycles. The summed E-state index contributed by atoms with van der Waals surface area (Å²) in [6.45, 7) is 3.26. The van der Waals surface area contributed by atoms with E-state index >= 15 is 0 Å². The number of aliphatic hydroxyl groups excluding tert-OH is 1. The molecule has 0 aliphatic carbocycles. The van der Waals surface area contributed by atoms with Crippen LogP contribution >= 0.6 is 11.8 Å². The summed E-state index contributed by atoms with van der Waals surface area (Å²) in [5.41, 5.74) is 2.48. The maximum absolute atomic E-state index is 11.3. The van der Waals surface area contributed by atoms with Crippen LogP contribution in [0, 0.1) is 0 Å². The molecule has 0 saturated carbocycles. The Bertz CT molecular complexity index is 642. The smallest absolute Gasteiger partial charge is 0.319 e. The lowest BCUT2D eigenvalue weighted by Crippen LogP contribution is -2.27. The van der Waals surface area contributed by atoms with Crippen LogP contribution in [-0.4, -0.2) is 30.9 Å². The Kier molecular flexibility index (Phi) is 4.59. The molecule has 2 rings (SSSR count). The van der Waals surface area contributed by atoms with Crippen molar-refractivity contribution in [2.75, 3.05) is 0 Å². The second-order valence-corrected chi connectivity index (χ2v) is 6.63. The number of rotatable bonds is 5. The number of aliphatic carboxylic acids is 1. The highest BCUT2D eigenvalue weighted by Gasteiger charge is 2.30. The fourth-order valence-electron chi connectivity index (χ4n) is 1.67. The normalized spacial score (nSPS) is 11.4. The molecular weight excluding hydrogens is 288 g/mol. The molecule has 0 atom stereocenters. The zero-order valence-electron chi connectivity index (χ0n) is 11.8. The minimum atomic E-state index is -0.978. The van der Waals surface area contributed by atoms with Gasteiger partial charge in [-0.2, -0.15) is 0 Å². The van der Waals surface area contributed by atoms with E-state index in [0.717, 1.165) is 16.7 Å². The van der Waals surface area contributed by atoms with Crippen LogP contribution in [0.3, 0.4) is 0 Å². The van der Waals surface area contributed by atoms with Gasteiger partial charge in [0, 0.05) is 11.8 Å². The molecule has 0 unspecified atom stereocenters. The molecule has 0 spiro atoms. The van der Waals surface area contributed by atoms with Gasteiger partial charge in [-0.25, -0.2) is 9.97 Å². The van der Waals surface area contributed by atoms with E-state index in [1.165, 1.54) is 18.1 Å². The fourth-order valence-corrected chi connectivity index (χ4v) is 2.62. The van der Waals surface area contributed by atoms with E-state index in [9.17, 15) is 9.90 Å². The zero-order valence-corrected chi connectivity index (χ0v) is 12.6. The summed E-state index contributed by atoms with van der Waals surface area (Å²) >= 11 is 1.19. The molecule has 0 aliphatic rings. The third kappa shape index (κ3) is 3.59. The van der Waals surface area contributed by atoms with Gasteiger partial charge < -0.3 is 10.2 Å². The SMILES string of the molecule is CC(C)(Sc1ncncc1-c1ccc(CO)cc1)C(=O)O. The number of carbonyl (C=O) groups is 1. The molecule has 1 aromatic carbocycles. The van der Waals surface area contributed by atoms with Gasteiger partial charge in [0.2, 0.25) is 0 Å². The van der Waals surface area contributed by atoms with Gasteiger partial charge >= 0.3 is 5.97 Å². The second kappa shape index (κ2) is 6.24. The van der Waals surface area contributed by atoms with Crippen molar-refractivity contribution in [2.24, 2.45) is 0 Å². The number of carboxylic acid groups (broad SMARTS) is 1. The van der Waals surface area contributed by atoms with Gasteiger partial charge in [0.05, 0.1) is 6.61 Å². The van der Waals surface area contributed by atoms with Gasteiger partial charge in [-0.15, -0.1) is 0 Å². The molecule has 2 N–H and O–H groups in total. The fraction of sp³-hybridized carbons (Fsp3) is 0.267. The molecule has 0 fully saturated rings. The molecule has 6 heteroatoms. The molecule has 0 radical (unpaired) electrons. The molecular formula is C15H16N2O3S. The number of carboxylic acids is 1. The van der Waals surface area contributed by atoms with E-state index in [1.807, 2.05) is 24.3 Å². The van der Waals surface area contributed by atoms with Crippen LogP contribution in [0.5, 0.6) is 0 Å². The zero-order chi connectivity index (χ0) is 15.5. The molecule has 2 aromatic rings. The Morgan fingerprint density at radius 2 is 1.95 bits per heavy atom. The van der Waals surface area contributed by atoms with E-state index in [2.05, 4.69) is 9.97 Å². The highest BCUT2D eigenvalue weighted by atomic mass is 32.2. The van der Waals surface area contributed by atoms with Crippen molar-refractivity contribution >= 4 is 17.7 Å². The Morgan fingerprint density at radius 1 is 1.29 bits per heavy atom. The Balaban J connectivity index is 2.38. The van der Waals surface area contributed by atoms with Crippen LogP contribution in [0.4, 0.5) is 0 Å². The average Bonchev–Trinajstić information content (AvgIpc) is 2.47. The molecule has 0 bridgehead atoms. The number of hydrogen-bond acceptors (Lipinski definition) is 5. The lowest BCUT2D eigenvalue weighted by molar-refractivity contribution is -0.138. The maximum atomic E-state index is 11.3. The first kappa shape index (κ1) is 15.5. The van der Waals surface area contributed by atoms with E-state index in [-0.39, 0.29) is 6.61 Å². The highest BCUT2D eigenvalue weighted by molar-refractivity contribution is 8.01. The van der Waals surface area contributed by atoms with Crippen LogP contribution in [-0.2, 0) is 11.4 Å². The summed E-state index contributed by atoms with van der Waals surface area (Å²) in [5, 5.41) is 18.9. The molecule has 0 amide bonds. The summed E-state index contributed by atoms with van der Waals surface area (Å²) in [6, 6.07) is 7.36.